The van der Waals surface area contributed by atoms with Crippen molar-refractivity contribution in [3.8, 4) is 0 Å². The minimum atomic E-state index is -1.92. The summed E-state index contributed by atoms with van der Waals surface area (Å²) in [6, 6.07) is 7.68. The van der Waals surface area contributed by atoms with Gasteiger partial charge >= 0.3 is 5.63 Å². The van der Waals surface area contributed by atoms with Gasteiger partial charge in [0, 0.05) is 35.6 Å². The van der Waals surface area contributed by atoms with Crippen LogP contribution in [-0.2, 0) is 0 Å². The molecule has 0 fully saturated rings. The molecule has 0 saturated carbocycles. The summed E-state index contributed by atoms with van der Waals surface area (Å²) >= 11 is 0. The van der Waals surface area contributed by atoms with Gasteiger partial charge in [-0.25, -0.2) is 9.78 Å². The van der Waals surface area contributed by atoms with Crippen LogP contribution < -0.4 is 10.9 Å². The molecule has 116 valence electrons. The molecule has 0 atom stereocenters. The quantitative estimate of drug-likeness (QED) is 0.482. The fraction of sp³-hybridized carbons (Fsp3) is 0.0667. The van der Waals surface area contributed by atoms with Crippen molar-refractivity contribution in [1.29, 1.82) is 0 Å². The van der Waals surface area contributed by atoms with Crippen molar-refractivity contribution in [2.24, 2.45) is 0 Å². The number of anilines is 1. The highest BCUT2D eigenvalue weighted by Gasteiger charge is 2.19. The van der Waals surface area contributed by atoms with Gasteiger partial charge in [-0.1, -0.05) is 0 Å². The van der Waals surface area contributed by atoms with Gasteiger partial charge in [0.1, 0.15) is 11.3 Å². The largest absolute Gasteiger partial charge is 0.423 e. The smallest absolute Gasteiger partial charge is 0.336 e. The van der Waals surface area contributed by atoms with Crippen LogP contribution >= 0.6 is 0 Å². The van der Waals surface area contributed by atoms with E-state index in [1.165, 1.54) is 24.5 Å². The lowest BCUT2D eigenvalue weighted by molar-refractivity contribution is -0.0466. The van der Waals surface area contributed by atoms with Crippen LogP contribution in [0.25, 0.3) is 11.0 Å². The van der Waals surface area contributed by atoms with Gasteiger partial charge in [0.05, 0.1) is 0 Å². The van der Waals surface area contributed by atoms with E-state index in [1.54, 1.807) is 18.2 Å². The summed E-state index contributed by atoms with van der Waals surface area (Å²) in [5, 5.41) is 21.7. The molecule has 0 spiro atoms. The Kier molecular flexibility index (Phi) is 3.83. The van der Waals surface area contributed by atoms with Crippen LogP contribution in [0.15, 0.2) is 51.9 Å². The van der Waals surface area contributed by atoms with E-state index in [0.717, 1.165) is 0 Å². The molecule has 0 saturated heterocycles. The molecule has 0 aliphatic rings. The molecule has 0 aliphatic carbocycles. The second-order valence-electron chi connectivity index (χ2n) is 4.63. The average molecular weight is 313 g/mol. The maximum atomic E-state index is 12.2. The first kappa shape index (κ1) is 14.8. The Balaban J connectivity index is 1.93. The molecule has 3 N–H and O–H groups in total. The number of hydrogen-bond acceptors (Lipinski definition) is 7. The highest BCUT2D eigenvalue weighted by atomic mass is 16.5. The second kappa shape index (κ2) is 5.95. The zero-order valence-corrected chi connectivity index (χ0v) is 11.6. The molecule has 23 heavy (non-hydrogen) atoms. The first-order valence-electron chi connectivity index (χ1n) is 6.57. The van der Waals surface area contributed by atoms with Crippen LogP contribution in [-0.4, -0.2) is 26.1 Å². The number of benzene rings is 1. The van der Waals surface area contributed by atoms with Crippen molar-refractivity contribution in [2.45, 2.75) is 6.29 Å². The lowest BCUT2D eigenvalue weighted by Crippen LogP contribution is -2.18. The zero-order chi connectivity index (χ0) is 16.4. The van der Waals surface area contributed by atoms with Crippen molar-refractivity contribution in [1.82, 2.24) is 9.97 Å². The number of nitrogens with zero attached hydrogens (tertiary/aromatic N) is 2. The van der Waals surface area contributed by atoms with Gasteiger partial charge in [0.2, 0.25) is 0 Å². The minimum absolute atomic E-state index is 0.211. The maximum Gasteiger partial charge on any atom is 0.336 e. The number of carbonyl (C=O) groups excluding carboxylic acids is 1. The fourth-order valence-electron chi connectivity index (χ4n) is 2.04. The Morgan fingerprint density at radius 1 is 1.13 bits per heavy atom. The molecule has 8 nitrogen and oxygen atoms in total. The summed E-state index contributed by atoms with van der Waals surface area (Å²) in [5.41, 5.74) is -0.284. The second-order valence-corrected chi connectivity index (χ2v) is 4.63. The Hall–Kier alpha value is -3.10. The van der Waals surface area contributed by atoms with Crippen LogP contribution in [0, 0.1) is 0 Å². The molecule has 0 bridgehead atoms. The number of carbonyl (C=O) groups is 1. The standard InChI is InChI=1S/C15H11N3O5/c19-11-4-2-8-1-3-9(7-10(8)23-11)18-14(20)12-13(15(21)22)17-6-5-16-12/h1-7,15,21-22H,(H,18,20). The highest BCUT2D eigenvalue weighted by Crippen LogP contribution is 2.19. The molecular weight excluding hydrogens is 302 g/mol. The highest BCUT2D eigenvalue weighted by molar-refractivity contribution is 6.04. The van der Waals surface area contributed by atoms with Gasteiger partial charge in [-0.3, -0.25) is 9.78 Å². The molecule has 8 heteroatoms. The number of amides is 1. The van der Waals surface area contributed by atoms with Gasteiger partial charge in [-0.15, -0.1) is 0 Å². The van der Waals surface area contributed by atoms with Crippen LogP contribution in [0.4, 0.5) is 5.69 Å². The van der Waals surface area contributed by atoms with E-state index in [0.29, 0.717) is 16.7 Å². The number of aromatic nitrogens is 2. The SMILES string of the molecule is O=C(Nc1ccc2ccc(=O)oc2c1)c1nccnc1C(O)O. The normalized spacial score (nSPS) is 10.9. The van der Waals surface area contributed by atoms with E-state index >= 15 is 0 Å². The maximum absolute atomic E-state index is 12.2. The number of rotatable bonds is 3. The summed E-state index contributed by atoms with van der Waals surface area (Å²) in [6.45, 7) is 0. The van der Waals surface area contributed by atoms with Crippen molar-refractivity contribution < 1.29 is 19.4 Å². The third kappa shape index (κ3) is 3.07. The topological polar surface area (TPSA) is 126 Å². The van der Waals surface area contributed by atoms with E-state index in [9.17, 15) is 19.8 Å². The van der Waals surface area contributed by atoms with E-state index in [2.05, 4.69) is 15.3 Å². The predicted molar refractivity (Wildman–Crippen MR) is 79.6 cm³/mol. The molecule has 0 unspecified atom stereocenters. The third-order valence-electron chi connectivity index (χ3n) is 3.07. The number of fused-ring (bicyclic) bond motifs is 1. The molecule has 3 rings (SSSR count). The zero-order valence-electron chi connectivity index (χ0n) is 11.6. The van der Waals surface area contributed by atoms with Crippen LogP contribution in [0.3, 0.4) is 0 Å². The summed E-state index contributed by atoms with van der Waals surface area (Å²) < 4.78 is 5.04. The Bertz CT molecular complexity index is 936. The first-order chi connectivity index (χ1) is 11.0. The molecule has 1 amide bonds. The molecule has 0 aliphatic heterocycles. The third-order valence-corrected chi connectivity index (χ3v) is 3.07. The van der Waals surface area contributed by atoms with Crippen LogP contribution in [0.1, 0.15) is 22.5 Å². The molecule has 0 radical (unpaired) electrons. The van der Waals surface area contributed by atoms with Crippen molar-refractivity contribution in [3.63, 3.8) is 0 Å². The monoisotopic (exact) mass is 313 g/mol. The van der Waals surface area contributed by atoms with Gasteiger partial charge < -0.3 is 19.9 Å². The number of hydrogen-bond donors (Lipinski definition) is 3. The minimum Gasteiger partial charge on any atom is -0.423 e. The van der Waals surface area contributed by atoms with Gasteiger partial charge in [0.25, 0.3) is 5.91 Å². The average Bonchev–Trinajstić information content (AvgIpc) is 2.54. The summed E-state index contributed by atoms with van der Waals surface area (Å²) in [5.74, 6) is -0.668. The molecule has 3 aromatic rings. The van der Waals surface area contributed by atoms with Crippen molar-refractivity contribution >= 4 is 22.6 Å². The van der Waals surface area contributed by atoms with Gasteiger partial charge in [-0.2, -0.15) is 0 Å². The number of aliphatic hydroxyl groups excluding tert-OH is 1. The lowest BCUT2D eigenvalue weighted by atomic mass is 10.2. The molecule has 2 aromatic heterocycles. The lowest BCUT2D eigenvalue weighted by Gasteiger charge is -2.09. The number of aliphatic hydroxyl groups is 2. The first-order valence-corrected chi connectivity index (χ1v) is 6.57. The molecule has 1 aromatic carbocycles. The van der Waals surface area contributed by atoms with E-state index in [-0.39, 0.29) is 11.4 Å². The fourth-order valence-corrected chi connectivity index (χ4v) is 2.04. The molecule has 2 heterocycles. The van der Waals surface area contributed by atoms with Crippen LogP contribution in [0.2, 0.25) is 0 Å². The summed E-state index contributed by atoms with van der Waals surface area (Å²) in [7, 11) is 0. The summed E-state index contributed by atoms with van der Waals surface area (Å²) in [4.78, 5) is 31.0. The van der Waals surface area contributed by atoms with Gasteiger partial charge in [-0.05, 0) is 18.2 Å². The summed E-state index contributed by atoms with van der Waals surface area (Å²) in [6.07, 6.45) is 0.593. The number of nitrogens with one attached hydrogen (secondary N) is 1. The van der Waals surface area contributed by atoms with Crippen molar-refractivity contribution in [3.05, 3.63) is 64.5 Å². The Morgan fingerprint density at radius 3 is 2.65 bits per heavy atom. The molecular formula is C15H11N3O5. The van der Waals surface area contributed by atoms with E-state index < -0.39 is 17.8 Å². The van der Waals surface area contributed by atoms with E-state index in [1.807, 2.05) is 0 Å². The Labute approximate surface area is 129 Å². The van der Waals surface area contributed by atoms with E-state index in [4.69, 9.17) is 4.42 Å². The van der Waals surface area contributed by atoms with Crippen LogP contribution in [0.5, 0.6) is 0 Å². The Morgan fingerprint density at radius 2 is 1.87 bits per heavy atom. The van der Waals surface area contributed by atoms with Crippen molar-refractivity contribution in [2.75, 3.05) is 5.32 Å². The van der Waals surface area contributed by atoms with Gasteiger partial charge in [0.15, 0.2) is 12.0 Å². The predicted octanol–water partition coefficient (Wildman–Crippen LogP) is 0.818.